The number of morpholine rings is 1. The van der Waals surface area contributed by atoms with Crippen LogP contribution in [-0.4, -0.2) is 49.3 Å². The molecule has 3 rings (SSSR count). The molecule has 20 heavy (non-hydrogen) atoms. The molecule has 2 heterocycles. The minimum absolute atomic E-state index is 0.105. The van der Waals surface area contributed by atoms with Crippen molar-refractivity contribution in [1.29, 1.82) is 0 Å². The Hall–Kier alpha value is -1.11. The number of hydrogen-bond acceptors (Lipinski definition) is 4. The summed E-state index contributed by atoms with van der Waals surface area (Å²) in [5, 5.41) is 8.75. The van der Waals surface area contributed by atoms with Gasteiger partial charge in [-0.1, -0.05) is 0 Å². The maximum absolute atomic E-state index is 11.9. The van der Waals surface area contributed by atoms with Gasteiger partial charge in [0.2, 0.25) is 0 Å². The Morgan fingerprint density at radius 1 is 1.40 bits per heavy atom. The van der Waals surface area contributed by atoms with E-state index in [1.807, 2.05) is 17.5 Å². The van der Waals surface area contributed by atoms with Crippen LogP contribution in [0.15, 0.2) is 17.5 Å². The lowest BCUT2D eigenvalue weighted by Crippen LogP contribution is -2.62. The molecule has 2 amide bonds. The Bertz CT molecular complexity index is 439. The van der Waals surface area contributed by atoms with E-state index in [0.717, 1.165) is 37.8 Å². The van der Waals surface area contributed by atoms with Crippen molar-refractivity contribution in [2.75, 3.05) is 38.2 Å². The monoisotopic (exact) mass is 295 g/mol. The standard InChI is InChI=1S/C14H21N3O2S/c18-13(16-12-3-1-10-20-12)15-11-14(4-2-5-14)17-6-8-19-9-7-17/h1,3,10H,2,4-9,11H2,(H2,15,16,18). The van der Waals surface area contributed by atoms with Gasteiger partial charge in [0.25, 0.3) is 0 Å². The number of carbonyl (C=O) groups is 1. The van der Waals surface area contributed by atoms with E-state index in [9.17, 15) is 4.79 Å². The molecule has 1 aliphatic carbocycles. The fourth-order valence-corrected chi connectivity index (χ4v) is 3.59. The molecule has 0 radical (unpaired) electrons. The van der Waals surface area contributed by atoms with Gasteiger partial charge in [-0.25, -0.2) is 4.79 Å². The Morgan fingerprint density at radius 2 is 2.20 bits per heavy atom. The molecule has 0 atom stereocenters. The lowest BCUT2D eigenvalue weighted by Gasteiger charge is -2.51. The van der Waals surface area contributed by atoms with Gasteiger partial charge in [-0.15, -0.1) is 11.3 Å². The molecule has 0 aromatic carbocycles. The Balaban J connectivity index is 1.51. The number of rotatable bonds is 4. The van der Waals surface area contributed by atoms with E-state index in [2.05, 4.69) is 15.5 Å². The predicted molar refractivity (Wildman–Crippen MR) is 80.3 cm³/mol. The highest BCUT2D eigenvalue weighted by Crippen LogP contribution is 2.37. The van der Waals surface area contributed by atoms with Crippen LogP contribution in [0.2, 0.25) is 0 Å². The number of ether oxygens (including phenoxy) is 1. The average Bonchev–Trinajstić information content (AvgIpc) is 2.91. The van der Waals surface area contributed by atoms with Gasteiger partial charge in [-0.3, -0.25) is 10.2 Å². The summed E-state index contributed by atoms with van der Waals surface area (Å²) in [5.74, 6) is 0. The molecule has 1 aromatic heterocycles. The molecule has 2 aliphatic rings. The molecule has 1 saturated heterocycles. The van der Waals surface area contributed by atoms with Gasteiger partial charge in [-0.2, -0.15) is 0 Å². The van der Waals surface area contributed by atoms with E-state index in [1.54, 1.807) is 0 Å². The van der Waals surface area contributed by atoms with Gasteiger partial charge >= 0.3 is 6.03 Å². The fraction of sp³-hybridized carbons (Fsp3) is 0.643. The lowest BCUT2D eigenvalue weighted by atomic mass is 9.75. The number of nitrogens with zero attached hydrogens (tertiary/aromatic N) is 1. The summed E-state index contributed by atoms with van der Waals surface area (Å²) in [5.41, 5.74) is 0.163. The molecular weight excluding hydrogens is 274 g/mol. The highest BCUT2D eigenvalue weighted by molar-refractivity contribution is 7.14. The highest BCUT2D eigenvalue weighted by atomic mass is 32.1. The third kappa shape index (κ3) is 2.97. The summed E-state index contributed by atoms with van der Waals surface area (Å²) in [4.78, 5) is 14.4. The Morgan fingerprint density at radius 3 is 2.80 bits per heavy atom. The first-order valence-corrected chi connectivity index (χ1v) is 8.08. The van der Waals surface area contributed by atoms with Crippen LogP contribution >= 0.6 is 11.3 Å². The number of nitrogens with one attached hydrogen (secondary N) is 2. The van der Waals surface area contributed by atoms with Crippen molar-refractivity contribution in [3.63, 3.8) is 0 Å². The average molecular weight is 295 g/mol. The van der Waals surface area contributed by atoms with Crippen LogP contribution in [0.3, 0.4) is 0 Å². The molecule has 2 N–H and O–H groups in total. The zero-order valence-corrected chi connectivity index (χ0v) is 12.4. The second-order valence-electron chi connectivity index (χ2n) is 5.46. The maximum Gasteiger partial charge on any atom is 0.319 e. The lowest BCUT2D eigenvalue weighted by molar-refractivity contribution is -0.0535. The summed E-state index contributed by atoms with van der Waals surface area (Å²) >= 11 is 1.53. The highest BCUT2D eigenvalue weighted by Gasteiger charge is 2.42. The van der Waals surface area contributed by atoms with Crippen LogP contribution in [0.25, 0.3) is 0 Å². The SMILES string of the molecule is O=C(NCC1(N2CCOCC2)CCC1)Nc1cccs1. The number of amides is 2. The van der Waals surface area contributed by atoms with Gasteiger partial charge in [0.05, 0.1) is 18.2 Å². The van der Waals surface area contributed by atoms with E-state index in [0.29, 0.717) is 0 Å². The molecule has 2 fully saturated rings. The van der Waals surface area contributed by atoms with Gasteiger partial charge in [0.1, 0.15) is 0 Å². The van der Waals surface area contributed by atoms with Gasteiger partial charge < -0.3 is 10.1 Å². The normalized spacial score (nSPS) is 22.0. The molecule has 110 valence electrons. The first-order chi connectivity index (χ1) is 9.78. The third-order valence-corrected chi connectivity index (χ3v) is 5.09. The van der Waals surface area contributed by atoms with Gasteiger partial charge in [0, 0.05) is 25.2 Å². The van der Waals surface area contributed by atoms with Gasteiger partial charge in [-0.05, 0) is 36.8 Å². The van der Waals surface area contributed by atoms with Crippen LogP contribution in [0.5, 0.6) is 0 Å². The maximum atomic E-state index is 11.9. The molecule has 1 aromatic rings. The van der Waals surface area contributed by atoms with Crippen molar-refractivity contribution in [2.24, 2.45) is 0 Å². The first kappa shape index (κ1) is 13.9. The molecule has 1 aliphatic heterocycles. The summed E-state index contributed by atoms with van der Waals surface area (Å²) in [6.07, 6.45) is 3.60. The van der Waals surface area contributed by atoms with Crippen LogP contribution in [0, 0.1) is 0 Å². The zero-order chi connectivity index (χ0) is 13.8. The first-order valence-electron chi connectivity index (χ1n) is 7.20. The second-order valence-corrected chi connectivity index (χ2v) is 6.41. The van der Waals surface area contributed by atoms with Crippen molar-refractivity contribution >= 4 is 22.4 Å². The topological polar surface area (TPSA) is 53.6 Å². The van der Waals surface area contributed by atoms with E-state index in [-0.39, 0.29) is 11.6 Å². The van der Waals surface area contributed by atoms with E-state index >= 15 is 0 Å². The quantitative estimate of drug-likeness (QED) is 0.894. The smallest absolute Gasteiger partial charge is 0.319 e. The van der Waals surface area contributed by atoms with Crippen LogP contribution in [-0.2, 0) is 4.74 Å². The minimum atomic E-state index is -0.105. The molecule has 0 spiro atoms. The molecule has 0 unspecified atom stereocenters. The fourth-order valence-electron chi connectivity index (χ4n) is 2.98. The third-order valence-electron chi connectivity index (χ3n) is 4.30. The predicted octanol–water partition coefficient (Wildman–Crippen LogP) is 2.12. The number of anilines is 1. The number of urea groups is 1. The van der Waals surface area contributed by atoms with Crippen molar-refractivity contribution in [2.45, 2.75) is 24.8 Å². The van der Waals surface area contributed by atoms with E-state index in [1.165, 1.54) is 30.6 Å². The van der Waals surface area contributed by atoms with Crippen molar-refractivity contribution in [1.82, 2.24) is 10.2 Å². The van der Waals surface area contributed by atoms with E-state index < -0.39 is 0 Å². The summed E-state index contributed by atoms with van der Waals surface area (Å²) < 4.78 is 5.42. The number of hydrogen-bond donors (Lipinski definition) is 2. The summed E-state index contributed by atoms with van der Waals surface area (Å²) in [7, 11) is 0. The number of thiophene rings is 1. The largest absolute Gasteiger partial charge is 0.379 e. The molecule has 5 nitrogen and oxygen atoms in total. The molecule has 6 heteroatoms. The summed E-state index contributed by atoms with van der Waals surface area (Å²) in [6, 6.07) is 3.74. The van der Waals surface area contributed by atoms with Crippen molar-refractivity contribution in [3.8, 4) is 0 Å². The molecule has 1 saturated carbocycles. The molecular formula is C14H21N3O2S. The molecule has 0 bridgehead atoms. The second kappa shape index (κ2) is 6.11. The van der Waals surface area contributed by atoms with Gasteiger partial charge in [0.15, 0.2) is 0 Å². The summed E-state index contributed by atoms with van der Waals surface area (Å²) in [6.45, 7) is 4.30. The van der Waals surface area contributed by atoms with Crippen LogP contribution in [0.1, 0.15) is 19.3 Å². The zero-order valence-electron chi connectivity index (χ0n) is 11.6. The minimum Gasteiger partial charge on any atom is -0.379 e. The van der Waals surface area contributed by atoms with E-state index in [4.69, 9.17) is 4.74 Å². The van der Waals surface area contributed by atoms with Crippen LogP contribution in [0.4, 0.5) is 9.80 Å². The number of carbonyl (C=O) groups excluding carboxylic acids is 1. The van der Waals surface area contributed by atoms with Crippen molar-refractivity contribution in [3.05, 3.63) is 17.5 Å². The Labute approximate surface area is 123 Å². The van der Waals surface area contributed by atoms with Crippen molar-refractivity contribution < 1.29 is 9.53 Å². The Kier molecular flexibility index (Phi) is 4.24. The van der Waals surface area contributed by atoms with Crippen LogP contribution < -0.4 is 10.6 Å².